The van der Waals surface area contributed by atoms with Crippen LogP contribution in [-0.2, 0) is 4.79 Å². The molecule has 1 N–H and O–H groups in total. The Hall–Kier alpha value is -3.02. The van der Waals surface area contributed by atoms with E-state index < -0.39 is 6.10 Å². The van der Waals surface area contributed by atoms with Gasteiger partial charge in [0.15, 0.2) is 6.10 Å². The molecule has 0 aromatic heterocycles. The molecule has 1 unspecified atom stereocenters. The number of nitrogens with one attached hydrogen (secondary N) is 1. The van der Waals surface area contributed by atoms with Gasteiger partial charge in [-0.3, -0.25) is 9.59 Å². The zero-order chi connectivity index (χ0) is 18.0. The van der Waals surface area contributed by atoms with E-state index in [-0.39, 0.29) is 11.8 Å². The molecule has 1 aliphatic rings. The number of amides is 2. The zero-order valence-corrected chi connectivity index (χ0v) is 14.4. The fourth-order valence-electron chi connectivity index (χ4n) is 2.76. The van der Waals surface area contributed by atoms with Crippen LogP contribution in [0.1, 0.15) is 24.2 Å². The molecule has 1 aliphatic heterocycles. The van der Waals surface area contributed by atoms with Crippen LogP contribution < -0.4 is 19.7 Å². The number of carbonyl (C=O) groups excluding carboxylic acids is 2. The largest absolute Gasteiger partial charge is 0.497 e. The van der Waals surface area contributed by atoms with Gasteiger partial charge in [-0.1, -0.05) is 0 Å². The molecule has 0 bridgehead atoms. The van der Waals surface area contributed by atoms with Crippen molar-refractivity contribution >= 4 is 23.2 Å². The number of likely N-dealkylation sites (N-methyl/N-ethyl adjacent to an activating group) is 1. The average Bonchev–Trinajstić information content (AvgIpc) is 2.63. The maximum absolute atomic E-state index is 12.4. The van der Waals surface area contributed by atoms with Gasteiger partial charge in [0.05, 0.1) is 12.8 Å². The molecule has 0 radical (unpaired) electrons. The monoisotopic (exact) mass is 340 g/mol. The van der Waals surface area contributed by atoms with Crippen molar-refractivity contribution in [2.24, 2.45) is 0 Å². The third kappa shape index (κ3) is 3.28. The van der Waals surface area contributed by atoms with Crippen LogP contribution in [0.15, 0.2) is 42.5 Å². The van der Waals surface area contributed by atoms with Crippen molar-refractivity contribution in [3.05, 3.63) is 48.0 Å². The number of nitrogens with zero attached hydrogens (tertiary/aromatic N) is 1. The molecule has 2 aromatic carbocycles. The topological polar surface area (TPSA) is 67.9 Å². The van der Waals surface area contributed by atoms with Crippen molar-refractivity contribution in [1.82, 2.24) is 0 Å². The summed E-state index contributed by atoms with van der Waals surface area (Å²) in [6.07, 6.45) is -0.542. The number of ether oxygens (including phenoxy) is 2. The van der Waals surface area contributed by atoms with Crippen LogP contribution in [0.4, 0.5) is 11.4 Å². The van der Waals surface area contributed by atoms with Crippen LogP contribution in [0, 0.1) is 0 Å². The standard InChI is InChI=1S/C19H20N2O4/c1-4-21-16-10-7-14(11-17(16)25-12(2)19(21)23)20-18(22)13-5-8-15(24-3)9-6-13/h5-12H,4H2,1-3H3,(H,20,22). The normalized spacial score (nSPS) is 16.0. The van der Waals surface area contributed by atoms with Gasteiger partial charge in [-0.05, 0) is 50.2 Å². The molecule has 3 rings (SSSR count). The Morgan fingerprint density at radius 2 is 1.96 bits per heavy atom. The number of hydrogen-bond donors (Lipinski definition) is 1. The first-order chi connectivity index (χ1) is 12.0. The van der Waals surface area contributed by atoms with Gasteiger partial charge < -0.3 is 19.7 Å². The second-order valence-corrected chi connectivity index (χ2v) is 5.71. The lowest BCUT2D eigenvalue weighted by atomic mass is 10.1. The Morgan fingerprint density at radius 3 is 2.60 bits per heavy atom. The van der Waals surface area contributed by atoms with E-state index in [0.717, 1.165) is 0 Å². The second-order valence-electron chi connectivity index (χ2n) is 5.71. The third-order valence-electron chi connectivity index (χ3n) is 4.09. The summed E-state index contributed by atoms with van der Waals surface area (Å²) in [7, 11) is 1.58. The van der Waals surface area contributed by atoms with Crippen molar-refractivity contribution in [3.63, 3.8) is 0 Å². The Bertz CT molecular complexity index is 802. The van der Waals surface area contributed by atoms with Gasteiger partial charge in [0.25, 0.3) is 11.8 Å². The van der Waals surface area contributed by atoms with Gasteiger partial charge in [0, 0.05) is 23.9 Å². The van der Waals surface area contributed by atoms with Gasteiger partial charge in [-0.25, -0.2) is 0 Å². The summed E-state index contributed by atoms with van der Waals surface area (Å²) in [5.41, 5.74) is 1.85. The minimum atomic E-state index is -0.542. The number of carbonyl (C=O) groups is 2. The van der Waals surface area contributed by atoms with E-state index >= 15 is 0 Å². The van der Waals surface area contributed by atoms with Crippen molar-refractivity contribution in [3.8, 4) is 11.5 Å². The molecule has 1 heterocycles. The molecule has 0 spiro atoms. The maximum atomic E-state index is 12.4. The molecular formula is C19H20N2O4. The first-order valence-corrected chi connectivity index (χ1v) is 8.11. The minimum absolute atomic E-state index is 0.0648. The summed E-state index contributed by atoms with van der Waals surface area (Å²) in [6.45, 7) is 4.20. The number of anilines is 2. The molecular weight excluding hydrogens is 320 g/mol. The van der Waals surface area contributed by atoms with Crippen LogP contribution in [0.25, 0.3) is 0 Å². The molecule has 0 saturated heterocycles. The van der Waals surface area contributed by atoms with E-state index in [1.54, 1.807) is 61.4 Å². The van der Waals surface area contributed by atoms with Crippen LogP contribution in [-0.4, -0.2) is 31.6 Å². The second kappa shape index (κ2) is 6.84. The molecule has 1 atom stereocenters. The lowest BCUT2D eigenvalue weighted by Gasteiger charge is -2.32. The molecule has 0 aliphatic carbocycles. The van der Waals surface area contributed by atoms with Gasteiger partial charge in [-0.2, -0.15) is 0 Å². The highest BCUT2D eigenvalue weighted by molar-refractivity contribution is 6.05. The first kappa shape index (κ1) is 16.8. The molecule has 2 amide bonds. The van der Waals surface area contributed by atoms with Gasteiger partial charge in [0.1, 0.15) is 11.5 Å². The Kier molecular flexibility index (Phi) is 4.61. The van der Waals surface area contributed by atoms with Crippen molar-refractivity contribution in [1.29, 1.82) is 0 Å². The highest BCUT2D eigenvalue weighted by Gasteiger charge is 2.30. The Morgan fingerprint density at radius 1 is 1.24 bits per heavy atom. The number of methoxy groups -OCH3 is 1. The molecule has 6 nitrogen and oxygen atoms in total. The smallest absolute Gasteiger partial charge is 0.267 e. The Labute approximate surface area is 146 Å². The third-order valence-corrected chi connectivity index (χ3v) is 4.09. The average molecular weight is 340 g/mol. The minimum Gasteiger partial charge on any atom is -0.497 e. The summed E-state index contributed by atoms with van der Waals surface area (Å²) in [5, 5.41) is 2.84. The fourth-order valence-corrected chi connectivity index (χ4v) is 2.76. The van der Waals surface area contributed by atoms with Crippen LogP contribution in [0.5, 0.6) is 11.5 Å². The predicted molar refractivity (Wildman–Crippen MR) is 95.5 cm³/mol. The number of fused-ring (bicyclic) bond motifs is 1. The van der Waals surface area contributed by atoms with Crippen LogP contribution in [0.3, 0.4) is 0 Å². The highest BCUT2D eigenvalue weighted by atomic mass is 16.5. The van der Waals surface area contributed by atoms with Gasteiger partial charge in [0.2, 0.25) is 0 Å². The van der Waals surface area contributed by atoms with Gasteiger partial charge in [-0.15, -0.1) is 0 Å². The predicted octanol–water partition coefficient (Wildman–Crippen LogP) is 3.08. The summed E-state index contributed by atoms with van der Waals surface area (Å²) < 4.78 is 10.8. The summed E-state index contributed by atoms with van der Waals surface area (Å²) in [4.78, 5) is 26.2. The molecule has 2 aromatic rings. The first-order valence-electron chi connectivity index (χ1n) is 8.11. The van der Waals surface area contributed by atoms with E-state index in [2.05, 4.69) is 5.32 Å². The van der Waals surface area contributed by atoms with Gasteiger partial charge >= 0.3 is 0 Å². The molecule has 6 heteroatoms. The lowest BCUT2D eigenvalue weighted by Crippen LogP contribution is -2.44. The van der Waals surface area contributed by atoms with Crippen molar-refractivity contribution in [2.45, 2.75) is 20.0 Å². The van der Waals surface area contributed by atoms with E-state index in [1.807, 2.05) is 6.92 Å². The molecule has 0 saturated carbocycles. The van der Waals surface area contributed by atoms with Crippen molar-refractivity contribution in [2.75, 3.05) is 23.9 Å². The summed E-state index contributed by atoms with van der Waals surface area (Å²) in [5.74, 6) is 0.985. The number of hydrogen-bond acceptors (Lipinski definition) is 4. The lowest BCUT2D eigenvalue weighted by molar-refractivity contribution is -0.125. The van der Waals surface area contributed by atoms with Crippen LogP contribution >= 0.6 is 0 Å². The quantitative estimate of drug-likeness (QED) is 0.929. The fraction of sp³-hybridized carbons (Fsp3) is 0.263. The summed E-state index contributed by atoms with van der Waals surface area (Å²) >= 11 is 0. The number of rotatable bonds is 4. The van der Waals surface area contributed by atoms with Crippen LogP contribution in [0.2, 0.25) is 0 Å². The zero-order valence-electron chi connectivity index (χ0n) is 14.4. The van der Waals surface area contributed by atoms with E-state index in [0.29, 0.717) is 35.0 Å². The summed E-state index contributed by atoms with van der Waals surface area (Å²) in [6, 6.07) is 12.1. The van der Waals surface area contributed by atoms with E-state index in [4.69, 9.17) is 9.47 Å². The van der Waals surface area contributed by atoms with E-state index in [9.17, 15) is 9.59 Å². The molecule has 130 valence electrons. The molecule has 0 fully saturated rings. The maximum Gasteiger partial charge on any atom is 0.267 e. The SMILES string of the molecule is CCN1C(=O)C(C)Oc2cc(NC(=O)c3ccc(OC)cc3)ccc21. The molecule has 25 heavy (non-hydrogen) atoms. The van der Waals surface area contributed by atoms with Crippen molar-refractivity contribution < 1.29 is 19.1 Å². The number of benzene rings is 2. The Balaban J connectivity index is 1.81. The van der Waals surface area contributed by atoms with E-state index in [1.165, 1.54) is 0 Å². The highest BCUT2D eigenvalue weighted by Crippen LogP contribution is 2.36.